The number of ether oxygens (including phenoxy) is 1. The highest BCUT2D eigenvalue weighted by Gasteiger charge is 2.24. The first kappa shape index (κ1) is 18.5. The Balaban J connectivity index is 2.02. The molecule has 0 saturated carbocycles. The highest BCUT2D eigenvalue weighted by molar-refractivity contribution is 7.91. The van der Waals surface area contributed by atoms with Crippen molar-refractivity contribution in [2.45, 2.75) is 29.1 Å². The van der Waals surface area contributed by atoms with Crippen LogP contribution in [-0.4, -0.2) is 33.9 Å². The third-order valence-electron chi connectivity index (χ3n) is 4.33. The van der Waals surface area contributed by atoms with Crippen LogP contribution in [0.5, 0.6) is 5.75 Å². The molecule has 1 atom stereocenters. The van der Waals surface area contributed by atoms with E-state index in [0.717, 1.165) is 31.1 Å². The van der Waals surface area contributed by atoms with E-state index in [2.05, 4.69) is 5.32 Å². The van der Waals surface area contributed by atoms with Gasteiger partial charge in [0.25, 0.3) is 0 Å². The summed E-state index contributed by atoms with van der Waals surface area (Å²) in [6, 6.07) is 9.54. The summed E-state index contributed by atoms with van der Waals surface area (Å²) in [5, 5.41) is 3.26. The van der Waals surface area contributed by atoms with Crippen LogP contribution in [0.4, 0.5) is 4.39 Å². The molecule has 2 aromatic carbocycles. The first-order chi connectivity index (χ1) is 12.4. The number of benzene rings is 2. The second kappa shape index (κ2) is 7.55. The second-order valence-electron chi connectivity index (χ2n) is 6.34. The SMILES string of the molecule is CC(=O)COc1cc(S(=O)(=O)c2cccc(F)c2)ccc1C1CCNC1. The van der Waals surface area contributed by atoms with Gasteiger partial charge in [0.1, 0.15) is 18.2 Å². The number of Topliss-reactive ketones (excluding diaryl/α,β-unsaturated/α-hetero) is 1. The maximum absolute atomic E-state index is 13.4. The van der Waals surface area contributed by atoms with Gasteiger partial charge in [0, 0.05) is 12.5 Å². The van der Waals surface area contributed by atoms with Gasteiger partial charge in [-0.2, -0.15) is 0 Å². The molecule has 1 unspecified atom stereocenters. The van der Waals surface area contributed by atoms with Crippen molar-refractivity contribution < 1.29 is 22.3 Å². The summed E-state index contributed by atoms with van der Waals surface area (Å²) in [5.41, 5.74) is 0.870. The topological polar surface area (TPSA) is 72.5 Å². The smallest absolute Gasteiger partial charge is 0.206 e. The van der Waals surface area contributed by atoms with E-state index in [1.54, 1.807) is 6.07 Å². The zero-order chi connectivity index (χ0) is 18.7. The van der Waals surface area contributed by atoms with Crippen molar-refractivity contribution in [3.05, 3.63) is 53.8 Å². The lowest BCUT2D eigenvalue weighted by molar-refractivity contribution is -0.118. The zero-order valence-electron chi connectivity index (χ0n) is 14.4. The molecule has 0 aromatic heterocycles. The number of rotatable bonds is 6. The Labute approximate surface area is 152 Å². The first-order valence-electron chi connectivity index (χ1n) is 8.35. The average Bonchev–Trinajstić information content (AvgIpc) is 3.14. The molecule has 0 aliphatic carbocycles. The molecule has 5 nitrogen and oxygen atoms in total. The molecule has 1 saturated heterocycles. The minimum absolute atomic E-state index is 0.0105. The molecule has 1 heterocycles. The van der Waals surface area contributed by atoms with Gasteiger partial charge in [-0.1, -0.05) is 12.1 Å². The maximum Gasteiger partial charge on any atom is 0.206 e. The molecular weight excluding hydrogens is 357 g/mol. The number of hydrogen-bond acceptors (Lipinski definition) is 5. The number of hydrogen-bond donors (Lipinski definition) is 1. The van der Waals surface area contributed by atoms with Gasteiger partial charge in [-0.25, -0.2) is 12.8 Å². The van der Waals surface area contributed by atoms with Gasteiger partial charge < -0.3 is 10.1 Å². The molecule has 2 aromatic rings. The molecule has 0 bridgehead atoms. The number of carbonyl (C=O) groups excluding carboxylic acids is 1. The fourth-order valence-corrected chi connectivity index (χ4v) is 4.32. The fourth-order valence-electron chi connectivity index (χ4n) is 3.01. The van der Waals surface area contributed by atoms with E-state index in [1.807, 2.05) is 0 Å². The summed E-state index contributed by atoms with van der Waals surface area (Å²) in [6.07, 6.45) is 0.909. The van der Waals surface area contributed by atoms with Crippen molar-refractivity contribution in [1.82, 2.24) is 5.32 Å². The second-order valence-corrected chi connectivity index (χ2v) is 8.29. The van der Waals surface area contributed by atoms with Crippen LogP contribution >= 0.6 is 0 Å². The Morgan fingerprint density at radius 1 is 1.23 bits per heavy atom. The number of carbonyl (C=O) groups is 1. The lowest BCUT2D eigenvalue weighted by Gasteiger charge is -2.17. The van der Waals surface area contributed by atoms with Gasteiger partial charge in [-0.15, -0.1) is 0 Å². The van der Waals surface area contributed by atoms with Crippen molar-refractivity contribution in [3.8, 4) is 5.75 Å². The largest absolute Gasteiger partial charge is 0.486 e. The molecule has 138 valence electrons. The summed E-state index contributed by atoms with van der Waals surface area (Å²) >= 11 is 0. The summed E-state index contributed by atoms with van der Waals surface area (Å²) in [6.45, 7) is 2.92. The molecule has 0 spiro atoms. The molecule has 0 radical (unpaired) electrons. The van der Waals surface area contributed by atoms with Crippen molar-refractivity contribution in [3.63, 3.8) is 0 Å². The standard InChI is InChI=1S/C19H20FNO4S/c1-13(22)12-25-19-10-17(5-6-18(19)14-7-8-21-11-14)26(23,24)16-4-2-3-15(20)9-16/h2-6,9-10,14,21H,7-8,11-12H2,1H3. The highest BCUT2D eigenvalue weighted by Crippen LogP contribution is 2.34. The zero-order valence-corrected chi connectivity index (χ0v) is 15.2. The number of ketones is 1. The fraction of sp³-hybridized carbons (Fsp3) is 0.316. The van der Waals surface area contributed by atoms with Gasteiger partial charge >= 0.3 is 0 Å². The van der Waals surface area contributed by atoms with Crippen molar-refractivity contribution >= 4 is 15.6 Å². The molecular formula is C19H20FNO4S. The van der Waals surface area contributed by atoms with E-state index >= 15 is 0 Å². The Morgan fingerprint density at radius 2 is 2.00 bits per heavy atom. The lowest BCUT2D eigenvalue weighted by Crippen LogP contribution is -2.12. The summed E-state index contributed by atoms with van der Waals surface area (Å²) < 4.78 is 44.6. The third kappa shape index (κ3) is 3.94. The minimum Gasteiger partial charge on any atom is -0.486 e. The Morgan fingerprint density at radius 3 is 2.65 bits per heavy atom. The van der Waals surface area contributed by atoms with Crippen LogP contribution in [0.25, 0.3) is 0 Å². The minimum atomic E-state index is -3.88. The predicted molar refractivity (Wildman–Crippen MR) is 94.7 cm³/mol. The van der Waals surface area contributed by atoms with Crippen LogP contribution in [0.2, 0.25) is 0 Å². The molecule has 1 fully saturated rings. The normalized spacial score (nSPS) is 17.2. The molecule has 0 amide bonds. The van der Waals surface area contributed by atoms with Crippen molar-refractivity contribution in [2.75, 3.05) is 19.7 Å². The van der Waals surface area contributed by atoms with Gasteiger partial charge in [0.2, 0.25) is 9.84 Å². The van der Waals surface area contributed by atoms with Crippen molar-refractivity contribution in [2.24, 2.45) is 0 Å². The van der Waals surface area contributed by atoms with Gasteiger partial charge in [0.05, 0.1) is 9.79 Å². The average molecular weight is 377 g/mol. The van der Waals surface area contributed by atoms with Gasteiger partial charge in [0.15, 0.2) is 5.78 Å². The summed E-state index contributed by atoms with van der Waals surface area (Å²) in [4.78, 5) is 11.2. The molecule has 1 aliphatic rings. The third-order valence-corrected chi connectivity index (χ3v) is 6.08. The molecule has 7 heteroatoms. The Bertz CT molecular complexity index is 921. The van der Waals surface area contributed by atoms with E-state index in [0.29, 0.717) is 5.75 Å². The molecule has 3 rings (SSSR count). The monoisotopic (exact) mass is 377 g/mol. The van der Waals surface area contributed by atoms with E-state index in [1.165, 1.54) is 37.3 Å². The number of halogens is 1. The van der Waals surface area contributed by atoms with Crippen LogP contribution in [0.3, 0.4) is 0 Å². The molecule has 1 aliphatic heterocycles. The van der Waals surface area contributed by atoms with Crippen LogP contribution in [-0.2, 0) is 14.6 Å². The first-order valence-corrected chi connectivity index (χ1v) is 9.84. The number of nitrogens with one attached hydrogen (secondary N) is 1. The van der Waals surface area contributed by atoms with Gasteiger partial charge in [-0.05, 0) is 55.8 Å². The van der Waals surface area contributed by atoms with Crippen LogP contribution in [0, 0.1) is 5.82 Å². The van der Waals surface area contributed by atoms with E-state index in [4.69, 9.17) is 4.74 Å². The van der Waals surface area contributed by atoms with Gasteiger partial charge in [-0.3, -0.25) is 4.79 Å². The maximum atomic E-state index is 13.4. The van der Waals surface area contributed by atoms with Crippen LogP contribution in [0.1, 0.15) is 24.8 Å². The van der Waals surface area contributed by atoms with Crippen LogP contribution < -0.4 is 10.1 Å². The highest BCUT2D eigenvalue weighted by atomic mass is 32.2. The molecule has 1 N–H and O–H groups in total. The van der Waals surface area contributed by atoms with Crippen molar-refractivity contribution in [1.29, 1.82) is 0 Å². The number of sulfone groups is 1. The lowest BCUT2D eigenvalue weighted by atomic mass is 9.97. The van der Waals surface area contributed by atoms with E-state index in [-0.39, 0.29) is 28.1 Å². The summed E-state index contributed by atoms with van der Waals surface area (Å²) in [7, 11) is -3.88. The Kier molecular flexibility index (Phi) is 5.38. The predicted octanol–water partition coefficient (Wildman–Crippen LogP) is 2.70. The quantitative estimate of drug-likeness (QED) is 0.838. The van der Waals surface area contributed by atoms with Crippen LogP contribution in [0.15, 0.2) is 52.3 Å². The van der Waals surface area contributed by atoms with E-state index in [9.17, 15) is 17.6 Å². The molecule has 26 heavy (non-hydrogen) atoms. The summed E-state index contributed by atoms with van der Waals surface area (Å²) in [5.74, 6) is -0.194. The Hall–Kier alpha value is -2.25. The van der Waals surface area contributed by atoms with E-state index < -0.39 is 15.7 Å².